The lowest BCUT2D eigenvalue weighted by Gasteiger charge is -2.35. The molecule has 1 aliphatic carbocycles. The quantitative estimate of drug-likeness (QED) is 0.431. The summed E-state index contributed by atoms with van der Waals surface area (Å²) in [5, 5.41) is 11.0. The Balaban J connectivity index is 1.33. The molecular weight excluding hydrogens is 505 g/mol. The summed E-state index contributed by atoms with van der Waals surface area (Å²) in [5.74, 6) is -1.03. The minimum absolute atomic E-state index is 0.0101. The fraction of sp³-hybridized carbons (Fsp3) is 0.500. The number of alkyl halides is 3. The maximum absolute atomic E-state index is 13.9. The molecule has 2 atom stereocenters. The van der Waals surface area contributed by atoms with Crippen LogP contribution in [0.2, 0.25) is 5.02 Å². The number of likely N-dealkylation sites (N-methyl/N-ethyl adjacent to an activating group) is 1. The van der Waals surface area contributed by atoms with Crippen LogP contribution in [0.5, 0.6) is 0 Å². The molecule has 0 aromatic heterocycles. The molecule has 5 nitrogen and oxygen atoms in total. The van der Waals surface area contributed by atoms with Crippen molar-refractivity contribution in [1.82, 2.24) is 4.90 Å². The van der Waals surface area contributed by atoms with Crippen LogP contribution < -0.4 is 4.90 Å². The second-order valence-corrected chi connectivity index (χ2v) is 10.7. The Morgan fingerprint density at radius 1 is 1.14 bits per heavy atom. The molecule has 37 heavy (non-hydrogen) atoms. The predicted octanol–water partition coefficient (Wildman–Crippen LogP) is 5.84. The van der Waals surface area contributed by atoms with E-state index in [1.165, 1.54) is 25.2 Å². The summed E-state index contributed by atoms with van der Waals surface area (Å²) in [6.45, 7) is 3.59. The summed E-state index contributed by atoms with van der Waals surface area (Å²) in [5.41, 5.74) is -2.41. The van der Waals surface area contributed by atoms with Crippen molar-refractivity contribution in [2.24, 2.45) is 11.3 Å². The van der Waals surface area contributed by atoms with E-state index in [-0.39, 0.29) is 17.7 Å². The van der Waals surface area contributed by atoms with Gasteiger partial charge in [-0.1, -0.05) is 48.9 Å². The third-order valence-corrected chi connectivity index (χ3v) is 8.44. The molecule has 1 saturated heterocycles. The van der Waals surface area contributed by atoms with Gasteiger partial charge >= 0.3 is 6.18 Å². The number of rotatable bonds is 8. The van der Waals surface area contributed by atoms with Crippen molar-refractivity contribution in [2.45, 2.75) is 50.8 Å². The second-order valence-electron chi connectivity index (χ2n) is 10.3. The Labute approximate surface area is 220 Å². The van der Waals surface area contributed by atoms with Crippen molar-refractivity contribution in [3.8, 4) is 0 Å². The largest absolute Gasteiger partial charge is 0.430 e. The molecule has 1 aliphatic heterocycles. The number of Topliss-reactive ketones (excluding diaryl/α,β-unsaturated/α-hetero) is 1. The average molecular weight is 537 g/mol. The summed E-state index contributed by atoms with van der Waals surface area (Å²) in [6, 6.07) is 12.0. The predicted molar refractivity (Wildman–Crippen MR) is 137 cm³/mol. The summed E-state index contributed by atoms with van der Waals surface area (Å²) < 4.78 is 41.6. The van der Waals surface area contributed by atoms with E-state index in [9.17, 15) is 27.9 Å². The number of carbonyl (C=O) groups is 2. The number of piperidine rings is 1. The number of ketones is 1. The number of benzene rings is 2. The van der Waals surface area contributed by atoms with Crippen LogP contribution in [0.15, 0.2) is 48.5 Å². The first-order chi connectivity index (χ1) is 17.4. The van der Waals surface area contributed by atoms with Crippen LogP contribution in [-0.2, 0) is 10.4 Å². The minimum Gasteiger partial charge on any atom is -0.371 e. The zero-order chi connectivity index (χ0) is 27.0. The summed E-state index contributed by atoms with van der Waals surface area (Å²) in [7, 11) is 1.32. The Morgan fingerprint density at radius 3 is 2.35 bits per heavy atom. The molecule has 0 bridgehead atoms. The molecule has 2 aromatic carbocycles. The van der Waals surface area contributed by atoms with Gasteiger partial charge in [-0.25, -0.2) is 0 Å². The summed E-state index contributed by atoms with van der Waals surface area (Å²) in [6.07, 6.45) is -1.29. The Morgan fingerprint density at radius 2 is 1.78 bits per heavy atom. The van der Waals surface area contributed by atoms with Gasteiger partial charge in [0.2, 0.25) is 0 Å². The Bertz CT molecular complexity index is 1150. The molecule has 0 radical (unpaired) electrons. The van der Waals surface area contributed by atoms with Crippen molar-refractivity contribution in [3.63, 3.8) is 0 Å². The number of carbonyl (C=O) groups excluding carboxylic acids is 2. The van der Waals surface area contributed by atoms with Crippen LogP contribution in [0, 0.1) is 11.3 Å². The van der Waals surface area contributed by atoms with Crippen molar-refractivity contribution in [1.29, 1.82) is 0 Å². The van der Waals surface area contributed by atoms with E-state index >= 15 is 0 Å². The molecule has 4 rings (SSSR count). The molecule has 1 amide bonds. The van der Waals surface area contributed by atoms with Crippen LogP contribution in [-0.4, -0.2) is 54.6 Å². The molecule has 2 fully saturated rings. The Kier molecular flexibility index (Phi) is 7.64. The van der Waals surface area contributed by atoms with Crippen LogP contribution >= 0.6 is 11.6 Å². The third kappa shape index (κ3) is 5.23. The van der Waals surface area contributed by atoms with Gasteiger partial charge in [-0.2, -0.15) is 13.2 Å². The van der Waals surface area contributed by atoms with E-state index in [0.29, 0.717) is 29.3 Å². The smallest absolute Gasteiger partial charge is 0.371 e. The number of amides is 1. The molecule has 1 N–H and O–H groups in total. The molecule has 1 heterocycles. The molecule has 9 heteroatoms. The third-order valence-electron chi connectivity index (χ3n) is 8.13. The molecule has 1 saturated carbocycles. The summed E-state index contributed by atoms with van der Waals surface area (Å²) in [4.78, 5) is 28.1. The highest BCUT2D eigenvalue weighted by molar-refractivity contribution is 6.34. The molecule has 200 valence electrons. The van der Waals surface area contributed by atoms with Crippen LogP contribution in [0.25, 0.3) is 0 Å². The lowest BCUT2D eigenvalue weighted by Crippen LogP contribution is -2.55. The van der Waals surface area contributed by atoms with Gasteiger partial charge in [-0.05, 0) is 55.2 Å². The zero-order valence-electron chi connectivity index (χ0n) is 21.0. The maximum Gasteiger partial charge on any atom is 0.430 e. The highest BCUT2D eigenvalue weighted by Gasteiger charge is 2.62. The van der Waals surface area contributed by atoms with Gasteiger partial charge in [0.25, 0.3) is 11.5 Å². The van der Waals surface area contributed by atoms with E-state index in [1.54, 1.807) is 13.0 Å². The monoisotopic (exact) mass is 536 g/mol. The van der Waals surface area contributed by atoms with Crippen LogP contribution in [0.3, 0.4) is 0 Å². The first kappa shape index (κ1) is 27.5. The number of nitrogens with zero attached hydrogens (tertiary/aromatic N) is 2. The number of anilines is 1. The second kappa shape index (κ2) is 10.3. The lowest BCUT2D eigenvalue weighted by molar-refractivity contribution is -0.261. The topological polar surface area (TPSA) is 60.9 Å². The lowest BCUT2D eigenvalue weighted by atomic mass is 9.89. The first-order valence-electron chi connectivity index (χ1n) is 12.6. The maximum atomic E-state index is 13.9. The standard InChI is InChI=1S/C28H32ClF3N2O3/c1-3-24(35)22-10-9-21(17-23(22)29)34-15-12-26(13-16-34)18-20(26)11-14-33(2)25(36)27(37,28(30,31)32)19-7-5-4-6-8-19/h4-10,17,20,37H,3,11-16,18H2,1-2H3/t20-,27-/m1/s1. The number of halogens is 4. The molecule has 2 aromatic rings. The van der Waals surface area contributed by atoms with E-state index in [1.807, 2.05) is 12.1 Å². The fourth-order valence-corrected chi connectivity index (χ4v) is 5.88. The molecule has 0 unspecified atom stereocenters. The highest BCUT2D eigenvalue weighted by atomic mass is 35.5. The van der Waals surface area contributed by atoms with E-state index in [2.05, 4.69) is 4.90 Å². The normalized spacial score (nSPS) is 20.4. The van der Waals surface area contributed by atoms with Crippen molar-refractivity contribution in [3.05, 3.63) is 64.7 Å². The van der Waals surface area contributed by atoms with Crippen molar-refractivity contribution in [2.75, 3.05) is 31.6 Å². The van der Waals surface area contributed by atoms with Gasteiger partial charge in [-0.15, -0.1) is 0 Å². The molecule has 2 aliphatic rings. The average Bonchev–Trinajstić information content (AvgIpc) is 3.57. The van der Waals surface area contributed by atoms with Crippen molar-refractivity contribution < 1.29 is 27.9 Å². The highest BCUT2D eigenvalue weighted by Crippen LogP contribution is 2.61. The number of hydrogen-bond acceptors (Lipinski definition) is 4. The first-order valence-corrected chi connectivity index (χ1v) is 13.0. The number of aliphatic hydroxyl groups is 1. The Hall–Kier alpha value is -2.58. The number of hydrogen-bond donors (Lipinski definition) is 1. The van der Waals surface area contributed by atoms with Gasteiger partial charge in [0.1, 0.15) is 0 Å². The fourth-order valence-electron chi connectivity index (χ4n) is 5.59. The van der Waals surface area contributed by atoms with Crippen molar-refractivity contribution >= 4 is 29.0 Å². The zero-order valence-corrected chi connectivity index (χ0v) is 21.8. The SMILES string of the molecule is CCC(=O)c1ccc(N2CCC3(CC2)C[C@H]3CCN(C)C(=O)[C@](O)(c2ccccc2)C(F)(F)F)cc1Cl. The van der Waals surface area contributed by atoms with Crippen LogP contribution in [0.4, 0.5) is 18.9 Å². The molecular formula is C28H32ClF3N2O3. The van der Waals surface area contributed by atoms with Gasteiger partial charge in [-0.3, -0.25) is 9.59 Å². The van der Waals surface area contributed by atoms with Gasteiger partial charge < -0.3 is 14.9 Å². The van der Waals surface area contributed by atoms with Gasteiger partial charge in [0.15, 0.2) is 5.78 Å². The van der Waals surface area contributed by atoms with Gasteiger partial charge in [0, 0.05) is 49.9 Å². The van der Waals surface area contributed by atoms with Gasteiger partial charge in [0.05, 0.1) is 5.02 Å². The minimum atomic E-state index is -5.14. The molecule has 1 spiro atoms. The summed E-state index contributed by atoms with van der Waals surface area (Å²) >= 11 is 6.34. The van der Waals surface area contributed by atoms with E-state index in [4.69, 9.17) is 11.6 Å². The van der Waals surface area contributed by atoms with E-state index < -0.39 is 23.2 Å². The van der Waals surface area contributed by atoms with Crippen LogP contribution in [0.1, 0.15) is 54.9 Å². The van der Waals surface area contributed by atoms with E-state index in [0.717, 1.165) is 55.1 Å².